The third kappa shape index (κ3) is 3.65. The van der Waals surface area contributed by atoms with Crippen LogP contribution in [0.1, 0.15) is 29.7 Å². The van der Waals surface area contributed by atoms with Gasteiger partial charge in [0.2, 0.25) is 0 Å². The fourth-order valence-electron chi connectivity index (χ4n) is 2.19. The highest BCUT2D eigenvalue weighted by atomic mass is 19.1. The first kappa shape index (κ1) is 14.7. The van der Waals surface area contributed by atoms with E-state index < -0.39 is 0 Å². The Labute approximate surface area is 119 Å². The second kappa shape index (κ2) is 6.64. The summed E-state index contributed by atoms with van der Waals surface area (Å²) in [6, 6.07) is 14.5. The number of halogens is 1. The molecule has 2 N–H and O–H groups in total. The molecule has 0 spiro atoms. The average Bonchev–Trinajstić information content (AvgIpc) is 2.41. The average molecular weight is 273 g/mol. The molecule has 0 fully saturated rings. The fourth-order valence-corrected chi connectivity index (χ4v) is 2.19. The van der Waals surface area contributed by atoms with Gasteiger partial charge in [-0.15, -0.1) is 0 Å². The van der Waals surface area contributed by atoms with Gasteiger partial charge < -0.3 is 10.5 Å². The van der Waals surface area contributed by atoms with Crippen molar-refractivity contribution in [1.29, 1.82) is 0 Å². The van der Waals surface area contributed by atoms with Crippen molar-refractivity contribution in [1.82, 2.24) is 0 Å². The van der Waals surface area contributed by atoms with Crippen LogP contribution in [0.2, 0.25) is 0 Å². The molecule has 0 heterocycles. The predicted molar refractivity (Wildman–Crippen MR) is 78.8 cm³/mol. The molecule has 20 heavy (non-hydrogen) atoms. The van der Waals surface area contributed by atoms with E-state index >= 15 is 0 Å². The molecule has 2 nitrogen and oxygen atoms in total. The van der Waals surface area contributed by atoms with E-state index in [0.717, 1.165) is 11.1 Å². The molecule has 0 bridgehead atoms. The Hall–Kier alpha value is -1.71. The van der Waals surface area contributed by atoms with Gasteiger partial charge in [0.15, 0.2) is 0 Å². The van der Waals surface area contributed by atoms with E-state index in [2.05, 4.69) is 6.07 Å². The van der Waals surface area contributed by atoms with Crippen molar-refractivity contribution >= 4 is 0 Å². The van der Waals surface area contributed by atoms with Crippen molar-refractivity contribution < 1.29 is 9.13 Å². The maximum atomic E-state index is 13.6. The minimum atomic E-state index is -0.250. The van der Waals surface area contributed by atoms with Crippen LogP contribution in [-0.4, -0.2) is 6.04 Å². The topological polar surface area (TPSA) is 35.2 Å². The summed E-state index contributed by atoms with van der Waals surface area (Å²) in [5.41, 5.74) is 8.73. The highest BCUT2D eigenvalue weighted by Crippen LogP contribution is 2.23. The van der Waals surface area contributed by atoms with E-state index in [-0.39, 0.29) is 24.6 Å². The molecule has 0 aliphatic carbocycles. The maximum absolute atomic E-state index is 13.6. The summed E-state index contributed by atoms with van der Waals surface area (Å²) in [6.07, 6.45) is -0.241. The predicted octanol–water partition coefficient (Wildman–Crippen LogP) is 3.74. The molecule has 0 amide bonds. The van der Waals surface area contributed by atoms with Crippen LogP contribution >= 0.6 is 0 Å². The van der Waals surface area contributed by atoms with Gasteiger partial charge in [0, 0.05) is 11.6 Å². The third-order valence-electron chi connectivity index (χ3n) is 3.22. The highest BCUT2D eigenvalue weighted by Gasteiger charge is 2.17. The Morgan fingerprint density at radius 3 is 2.55 bits per heavy atom. The number of nitrogens with two attached hydrogens (primary N) is 1. The van der Waals surface area contributed by atoms with Gasteiger partial charge in [-0.3, -0.25) is 0 Å². The van der Waals surface area contributed by atoms with E-state index in [4.69, 9.17) is 10.5 Å². The molecule has 0 saturated heterocycles. The Kier molecular flexibility index (Phi) is 4.88. The molecule has 2 aromatic carbocycles. The summed E-state index contributed by atoms with van der Waals surface area (Å²) in [6.45, 7) is 4.14. The molecular formula is C17H20FNO. The molecule has 2 rings (SSSR count). The van der Waals surface area contributed by atoms with E-state index in [0.29, 0.717) is 5.56 Å². The van der Waals surface area contributed by atoms with Crippen LogP contribution in [0.15, 0.2) is 48.5 Å². The first-order chi connectivity index (χ1) is 9.58. The first-order valence-electron chi connectivity index (χ1n) is 6.75. The van der Waals surface area contributed by atoms with E-state index in [9.17, 15) is 4.39 Å². The molecule has 0 saturated carbocycles. The minimum Gasteiger partial charge on any atom is -0.367 e. The smallest absolute Gasteiger partial charge is 0.128 e. The summed E-state index contributed by atoms with van der Waals surface area (Å²) < 4.78 is 19.4. The normalized spacial score (nSPS) is 14.0. The van der Waals surface area contributed by atoms with Crippen molar-refractivity contribution in [2.45, 2.75) is 32.6 Å². The monoisotopic (exact) mass is 273 g/mol. The molecule has 3 heteroatoms. The lowest BCUT2D eigenvalue weighted by Crippen LogP contribution is -2.27. The van der Waals surface area contributed by atoms with E-state index in [1.807, 2.05) is 32.0 Å². The molecule has 106 valence electrons. The Morgan fingerprint density at radius 1 is 1.15 bits per heavy atom. The van der Waals surface area contributed by atoms with Crippen LogP contribution in [0.25, 0.3) is 0 Å². The van der Waals surface area contributed by atoms with Crippen molar-refractivity contribution in [3.8, 4) is 0 Å². The van der Waals surface area contributed by atoms with Crippen LogP contribution in [0.5, 0.6) is 0 Å². The van der Waals surface area contributed by atoms with Crippen molar-refractivity contribution in [2.24, 2.45) is 5.73 Å². The number of rotatable bonds is 5. The lowest BCUT2D eigenvalue weighted by atomic mass is 10.0. The molecule has 0 aliphatic rings. The number of benzene rings is 2. The molecule has 0 aliphatic heterocycles. The van der Waals surface area contributed by atoms with Crippen molar-refractivity contribution in [3.05, 3.63) is 71.0 Å². The molecule has 2 atom stereocenters. The van der Waals surface area contributed by atoms with Gasteiger partial charge in [0.25, 0.3) is 0 Å². The number of hydrogen-bond donors (Lipinski definition) is 1. The lowest BCUT2D eigenvalue weighted by Gasteiger charge is -2.22. The van der Waals surface area contributed by atoms with Gasteiger partial charge in [-0.25, -0.2) is 4.39 Å². The largest absolute Gasteiger partial charge is 0.367 e. The van der Waals surface area contributed by atoms with Gasteiger partial charge >= 0.3 is 0 Å². The van der Waals surface area contributed by atoms with Gasteiger partial charge in [0.1, 0.15) is 5.82 Å². The van der Waals surface area contributed by atoms with Crippen LogP contribution in [0.4, 0.5) is 4.39 Å². The van der Waals surface area contributed by atoms with Crippen LogP contribution in [-0.2, 0) is 11.3 Å². The molecule has 2 unspecified atom stereocenters. The van der Waals surface area contributed by atoms with Gasteiger partial charge in [-0.2, -0.15) is 0 Å². The van der Waals surface area contributed by atoms with Gasteiger partial charge in [0.05, 0.1) is 12.7 Å². The number of aryl methyl sites for hydroxylation is 1. The maximum Gasteiger partial charge on any atom is 0.128 e. The lowest BCUT2D eigenvalue weighted by molar-refractivity contribution is 0.0244. The zero-order valence-electron chi connectivity index (χ0n) is 11.8. The van der Waals surface area contributed by atoms with Crippen LogP contribution in [0.3, 0.4) is 0 Å². The Bertz CT molecular complexity index is 568. The number of ether oxygens (including phenoxy) is 1. The SMILES string of the molecule is Cc1cccc(C(OCc2ccccc2F)C(C)N)c1. The number of hydrogen-bond acceptors (Lipinski definition) is 2. The van der Waals surface area contributed by atoms with Gasteiger partial charge in [-0.05, 0) is 25.5 Å². The first-order valence-corrected chi connectivity index (χ1v) is 6.75. The zero-order valence-corrected chi connectivity index (χ0v) is 11.8. The summed E-state index contributed by atoms with van der Waals surface area (Å²) in [4.78, 5) is 0. The molecule has 0 radical (unpaired) electrons. The summed E-state index contributed by atoms with van der Waals surface area (Å²) >= 11 is 0. The second-order valence-corrected chi connectivity index (χ2v) is 5.10. The summed E-state index contributed by atoms with van der Waals surface area (Å²) in [5.74, 6) is -0.250. The van der Waals surface area contributed by atoms with E-state index in [1.54, 1.807) is 18.2 Å². The summed E-state index contributed by atoms with van der Waals surface area (Å²) in [5, 5.41) is 0. The minimum absolute atomic E-state index is 0.163. The van der Waals surface area contributed by atoms with Crippen molar-refractivity contribution in [2.75, 3.05) is 0 Å². The van der Waals surface area contributed by atoms with Crippen LogP contribution < -0.4 is 5.73 Å². The summed E-state index contributed by atoms with van der Waals surface area (Å²) in [7, 11) is 0. The van der Waals surface area contributed by atoms with E-state index in [1.165, 1.54) is 6.07 Å². The fraction of sp³-hybridized carbons (Fsp3) is 0.294. The Balaban J connectivity index is 2.13. The zero-order chi connectivity index (χ0) is 14.5. The molecule has 0 aromatic heterocycles. The molecule has 2 aromatic rings. The second-order valence-electron chi connectivity index (χ2n) is 5.10. The molecular weight excluding hydrogens is 253 g/mol. The van der Waals surface area contributed by atoms with Crippen LogP contribution in [0, 0.1) is 12.7 Å². The standard InChI is InChI=1S/C17H20FNO/c1-12-6-5-8-14(10-12)17(13(2)19)20-11-15-7-3-4-9-16(15)18/h3-10,13,17H,11,19H2,1-2H3. The third-order valence-corrected chi connectivity index (χ3v) is 3.22. The Morgan fingerprint density at radius 2 is 1.90 bits per heavy atom. The highest BCUT2D eigenvalue weighted by molar-refractivity contribution is 5.25. The van der Waals surface area contributed by atoms with Gasteiger partial charge in [-0.1, -0.05) is 48.0 Å². The van der Waals surface area contributed by atoms with Crippen molar-refractivity contribution in [3.63, 3.8) is 0 Å². The quantitative estimate of drug-likeness (QED) is 0.900.